The predicted molar refractivity (Wildman–Crippen MR) is 93.7 cm³/mol. The Kier molecular flexibility index (Phi) is 5.36. The Balaban J connectivity index is 1.49. The van der Waals surface area contributed by atoms with Gasteiger partial charge in [-0.05, 0) is 24.8 Å². The van der Waals surface area contributed by atoms with E-state index in [1.165, 1.54) is 12.5 Å². The van der Waals surface area contributed by atoms with Gasteiger partial charge in [0.25, 0.3) is 0 Å². The summed E-state index contributed by atoms with van der Waals surface area (Å²) >= 11 is 0. The number of nitrogens with zero attached hydrogens (tertiary/aromatic N) is 2. The minimum atomic E-state index is -0.0776. The maximum Gasteiger partial charge on any atom is 0.242 e. The average Bonchev–Trinajstić information content (AvgIpc) is 2.98. The summed E-state index contributed by atoms with van der Waals surface area (Å²) in [6.45, 7) is 2.78. The van der Waals surface area contributed by atoms with Crippen molar-refractivity contribution >= 4 is 17.7 Å². The highest BCUT2D eigenvalue weighted by atomic mass is 16.2. The fraction of sp³-hybridized carbons (Fsp3) is 0.526. The lowest BCUT2D eigenvalue weighted by Gasteiger charge is -2.37. The lowest BCUT2D eigenvalue weighted by atomic mass is 10.1. The number of amides is 3. The van der Waals surface area contributed by atoms with Crippen molar-refractivity contribution in [2.75, 3.05) is 19.6 Å². The van der Waals surface area contributed by atoms with E-state index >= 15 is 0 Å². The molecule has 0 aliphatic carbocycles. The van der Waals surface area contributed by atoms with E-state index in [9.17, 15) is 14.4 Å². The highest BCUT2D eigenvalue weighted by Gasteiger charge is 2.41. The predicted octanol–water partition coefficient (Wildman–Crippen LogP) is 0.957. The van der Waals surface area contributed by atoms with Gasteiger partial charge in [-0.3, -0.25) is 14.4 Å². The minimum Gasteiger partial charge on any atom is -0.352 e. The van der Waals surface area contributed by atoms with Gasteiger partial charge < -0.3 is 15.1 Å². The van der Waals surface area contributed by atoms with E-state index in [2.05, 4.69) is 17.4 Å². The smallest absolute Gasteiger partial charge is 0.242 e. The summed E-state index contributed by atoms with van der Waals surface area (Å²) in [5.74, 6) is -0.0430. The second-order valence-electron chi connectivity index (χ2n) is 6.95. The monoisotopic (exact) mass is 343 g/mol. The second-order valence-corrected chi connectivity index (χ2v) is 6.95. The molecule has 1 N–H and O–H groups in total. The van der Waals surface area contributed by atoms with Gasteiger partial charge in [-0.25, -0.2) is 0 Å². The van der Waals surface area contributed by atoms with Crippen LogP contribution < -0.4 is 5.32 Å². The molecule has 0 unspecified atom stereocenters. The molecule has 0 bridgehead atoms. The number of nitrogens with one attached hydrogen (secondary N) is 1. The third-order valence-corrected chi connectivity index (χ3v) is 4.95. The van der Waals surface area contributed by atoms with Crippen LogP contribution >= 0.6 is 0 Å². The molecule has 1 aromatic rings. The molecule has 0 spiro atoms. The summed E-state index contributed by atoms with van der Waals surface area (Å²) in [5, 5.41) is 2.88. The van der Waals surface area contributed by atoms with Crippen LogP contribution in [0.1, 0.15) is 31.7 Å². The molecule has 6 nitrogen and oxygen atoms in total. The van der Waals surface area contributed by atoms with Crippen molar-refractivity contribution < 1.29 is 14.4 Å². The molecule has 0 saturated carbocycles. The third kappa shape index (κ3) is 4.38. The van der Waals surface area contributed by atoms with Crippen LogP contribution in [-0.4, -0.2) is 59.2 Å². The normalized spacial score (nSPS) is 22.7. The molecular formula is C19H25N3O3. The first-order valence-electron chi connectivity index (χ1n) is 8.91. The molecule has 2 heterocycles. The fourth-order valence-corrected chi connectivity index (χ4v) is 3.80. The average molecular weight is 343 g/mol. The quantitative estimate of drug-likeness (QED) is 0.866. The third-order valence-electron chi connectivity index (χ3n) is 4.95. The zero-order chi connectivity index (χ0) is 17.8. The van der Waals surface area contributed by atoms with E-state index in [0.717, 1.165) is 19.3 Å². The van der Waals surface area contributed by atoms with Crippen molar-refractivity contribution in [2.24, 2.45) is 0 Å². The van der Waals surface area contributed by atoms with Crippen molar-refractivity contribution in [2.45, 2.75) is 44.7 Å². The van der Waals surface area contributed by atoms with Crippen molar-refractivity contribution in [3.05, 3.63) is 35.9 Å². The topological polar surface area (TPSA) is 69.7 Å². The molecule has 0 radical (unpaired) electrons. The second kappa shape index (κ2) is 7.68. The number of carbonyl (C=O) groups is 3. The van der Waals surface area contributed by atoms with Crippen molar-refractivity contribution in [3.63, 3.8) is 0 Å². The maximum atomic E-state index is 12.5. The molecule has 2 aliphatic heterocycles. The Morgan fingerprint density at radius 1 is 1.20 bits per heavy atom. The number of piperazine rings is 1. The summed E-state index contributed by atoms with van der Waals surface area (Å²) in [6.07, 6.45) is 2.84. The number of hydrogen-bond donors (Lipinski definition) is 1. The van der Waals surface area contributed by atoms with Gasteiger partial charge in [-0.1, -0.05) is 30.3 Å². The van der Waals surface area contributed by atoms with E-state index in [0.29, 0.717) is 19.5 Å². The highest BCUT2D eigenvalue weighted by Crippen LogP contribution is 2.23. The van der Waals surface area contributed by atoms with E-state index in [1.54, 1.807) is 4.90 Å². The lowest BCUT2D eigenvalue weighted by Crippen LogP contribution is -2.55. The van der Waals surface area contributed by atoms with Gasteiger partial charge in [0.1, 0.15) is 0 Å². The molecule has 2 saturated heterocycles. The van der Waals surface area contributed by atoms with Crippen molar-refractivity contribution in [1.29, 1.82) is 0 Å². The minimum absolute atomic E-state index is 0.000386. The van der Waals surface area contributed by atoms with E-state index in [-0.39, 0.29) is 36.3 Å². The zero-order valence-corrected chi connectivity index (χ0v) is 14.6. The molecular weight excluding hydrogens is 318 g/mol. The molecule has 6 heteroatoms. The van der Waals surface area contributed by atoms with Crippen molar-refractivity contribution in [1.82, 2.24) is 15.1 Å². The van der Waals surface area contributed by atoms with Crippen LogP contribution in [0.4, 0.5) is 0 Å². The van der Waals surface area contributed by atoms with Gasteiger partial charge in [-0.15, -0.1) is 0 Å². The van der Waals surface area contributed by atoms with Crippen LogP contribution in [0.5, 0.6) is 0 Å². The first-order chi connectivity index (χ1) is 12.0. The van der Waals surface area contributed by atoms with Crippen LogP contribution in [0.3, 0.4) is 0 Å². The van der Waals surface area contributed by atoms with Gasteiger partial charge in [0, 0.05) is 32.5 Å². The Hall–Kier alpha value is -2.37. The molecule has 0 aromatic heterocycles. The highest BCUT2D eigenvalue weighted by molar-refractivity contribution is 5.86. The largest absolute Gasteiger partial charge is 0.352 e. The number of carbonyl (C=O) groups excluding carboxylic acids is 3. The van der Waals surface area contributed by atoms with E-state index in [4.69, 9.17) is 0 Å². The Bertz CT molecular complexity index is 647. The Morgan fingerprint density at radius 2 is 1.96 bits per heavy atom. The fourth-order valence-electron chi connectivity index (χ4n) is 3.80. The summed E-state index contributed by atoms with van der Waals surface area (Å²) < 4.78 is 0. The van der Waals surface area contributed by atoms with Crippen molar-refractivity contribution in [3.8, 4) is 0 Å². The summed E-state index contributed by atoms with van der Waals surface area (Å²) in [4.78, 5) is 39.5. The number of fused-ring (bicyclic) bond motifs is 1. The van der Waals surface area contributed by atoms with E-state index < -0.39 is 0 Å². The van der Waals surface area contributed by atoms with Crippen LogP contribution in [-0.2, 0) is 20.8 Å². The van der Waals surface area contributed by atoms with Crippen LogP contribution in [0.2, 0.25) is 0 Å². The van der Waals surface area contributed by atoms with Gasteiger partial charge in [0.15, 0.2) is 0 Å². The van der Waals surface area contributed by atoms with Crippen LogP contribution in [0.25, 0.3) is 0 Å². The number of hydrogen-bond acceptors (Lipinski definition) is 3. The Morgan fingerprint density at radius 3 is 2.68 bits per heavy atom. The lowest BCUT2D eigenvalue weighted by molar-refractivity contribution is -0.147. The molecule has 134 valence electrons. The first kappa shape index (κ1) is 17.5. The molecule has 25 heavy (non-hydrogen) atoms. The summed E-state index contributed by atoms with van der Waals surface area (Å²) in [5.41, 5.74) is 1.23. The molecule has 2 atom stereocenters. The number of rotatable bonds is 5. The van der Waals surface area contributed by atoms with Gasteiger partial charge >= 0.3 is 0 Å². The maximum absolute atomic E-state index is 12.5. The molecule has 2 fully saturated rings. The molecule has 1 aromatic carbocycles. The molecule has 2 aliphatic rings. The number of benzene rings is 1. The first-order valence-corrected chi connectivity index (χ1v) is 8.91. The molecule has 3 rings (SSSR count). The summed E-state index contributed by atoms with van der Waals surface area (Å²) in [6, 6.07) is 10.1. The number of aryl methyl sites for hydroxylation is 1. The van der Waals surface area contributed by atoms with Gasteiger partial charge in [0.2, 0.25) is 17.7 Å². The van der Waals surface area contributed by atoms with Gasteiger partial charge in [0.05, 0.1) is 12.6 Å². The summed E-state index contributed by atoms with van der Waals surface area (Å²) in [7, 11) is 0. The van der Waals surface area contributed by atoms with E-state index in [1.807, 2.05) is 23.1 Å². The molecule has 3 amide bonds. The zero-order valence-electron chi connectivity index (χ0n) is 14.6. The van der Waals surface area contributed by atoms with Crippen LogP contribution in [0.15, 0.2) is 30.3 Å². The Labute approximate surface area is 148 Å². The SMILES string of the molecule is CC(=O)N[C@H]1C[C@H]2CN(C(=O)CCCc3ccccc3)CC(=O)N2C1. The van der Waals surface area contributed by atoms with Gasteiger partial charge in [-0.2, -0.15) is 0 Å². The standard InChI is InChI=1S/C19H25N3O3/c1-14(23)20-16-10-17-12-21(13-19(25)22(17)11-16)18(24)9-5-8-15-6-3-2-4-7-15/h2-4,6-7,16-17H,5,8-13H2,1H3,(H,20,23)/t16-,17-/m0/s1. The van der Waals surface area contributed by atoms with Crippen LogP contribution in [0, 0.1) is 0 Å².